The molecular weight excluding hydrogens is 372 g/mol. The van der Waals surface area contributed by atoms with Gasteiger partial charge in [-0.1, -0.05) is 30.7 Å². The summed E-state index contributed by atoms with van der Waals surface area (Å²) in [6.07, 6.45) is 0.891. The Bertz CT molecular complexity index is 1040. The van der Waals surface area contributed by atoms with Crippen LogP contribution in [0, 0.1) is 0 Å². The van der Waals surface area contributed by atoms with Crippen LogP contribution < -0.4 is 10.7 Å². The van der Waals surface area contributed by atoms with E-state index in [9.17, 15) is 9.59 Å². The Balaban J connectivity index is 1.69. The summed E-state index contributed by atoms with van der Waals surface area (Å²) in [7, 11) is 0. The van der Waals surface area contributed by atoms with Gasteiger partial charge in [0.15, 0.2) is 5.58 Å². The highest BCUT2D eigenvalue weighted by Crippen LogP contribution is 2.37. The average molecular weight is 389 g/mol. The zero-order valence-electron chi connectivity index (χ0n) is 14.1. The highest BCUT2D eigenvalue weighted by molar-refractivity contribution is 8.00. The van der Waals surface area contributed by atoms with Crippen LogP contribution in [0.25, 0.3) is 11.1 Å². The minimum absolute atomic E-state index is 0.0686. The molecule has 0 fully saturated rings. The first kappa shape index (κ1) is 17.2. The lowest BCUT2D eigenvalue weighted by Gasteiger charge is -2.22. The molecule has 1 unspecified atom stereocenters. The molecule has 0 saturated heterocycles. The Kier molecular flexibility index (Phi) is 4.54. The molecule has 5 nitrogen and oxygen atoms in total. The molecule has 4 rings (SSSR count). The number of aromatic nitrogens is 1. The number of para-hydroxylation sites is 1. The van der Waals surface area contributed by atoms with Crippen molar-refractivity contribution in [3.63, 3.8) is 0 Å². The number of anilines is 1. The van der Waals surface area contributed by atoms with Crippen LogP contribution in [0.4, 0.5) is 5.69 Å². The zero-order chi connectivity index (χ0) is 18.3. The fourth-order valence-electron chi connectivity index (χ4n) is 3.16. The summed E-state index contributed by atoms with van der Waals surface area (Å²) in [6, 6.07) is 12.8. The number of amides is 1. The molecule has 0 N–H and O–H groups in total. The molecule has 3 aromatic rings. The lowest BCUT2D eigenvalue weighted by Crippen LogP contribution is -2.36. The normalized spacial score (nSPS) is 17.2. The van der Waals surface area contributed by atoms with E-state index < -0.39 is 5.76 Å². The monoisotopic (exact) mass is 388 g/mol. The van der Waals surface area contributed by atoms with Crippen LogP contribution in [0.1, 0.15) is 13.3 Å². The molecular formula is C19H17ClN2O3S. The van der Waals surface area contributed by atoms with Gasteiger partial charge in [0, 0.05) is 27.8 Å². The molecule has 1 amide bonds. The number of nitrogens with zero attached hydrogens (tertiary/aromatic N) is 2. The maximum absolute atomic E-state index is 13.0. The van der Waals surface area contributed by atoms with Gasteiger partial charge in [-0.05, 0) is 30.7 Å². The predicted octanol–water partition coefficient (Wildman–Crippen LogP) is 4.17. The van der Waals surface area contributed by atoms with E-state index in [-0.39, 0.29) is 12.5 Å². The quantitative estimate of drug-likeness (QED) is 0.661. The Morgan fingerprint density at radius 2 is 2.12 bits per heavy atom. The van der Waals surface area contributed by atoms with Gasteiger partial charge >= 0.3 is 5.76 Å². The molecule has 1 aliphatic rings. The SMILES string of the molecule is CC1CCN(C(=O)Cn2c(=O)oc3cc(Cl)ccc32)c2ccccc2S1. The highest BCUT2D eigenvalue weighted by Gasteiger charge is 2.25. The molecule has 7 heteroatoms. The van der Waals surface area contributed by atoms with Crippen LogP contribution in [-0.2, 0) is 11.3 Å². The van der Waals surface area contributed by atoms with E-state index in [0.29, 0.717) is 27.9 Å². The largest absolute Gasteiger partial charge is 0.420 e. The second-order valence-corrected chi connectivity index (χ2v) is 8.21. The van der Waals surface area contributed by atoms with Crippen molar-refractivity contribution in [2.75, 3.05) is 11.4 Å². The number of carbonyl (C=O) groups is 1. The average Bonchev–Trinajstić information content (AvgIpc) is 2.80. The van der Waals surface area contributed by atoms with Gasteiger partial charge in [0.25, 0.3) is 0 Å². The van der Waals surface area contributed by atoms with Gasteiger partial charge in [0.1, 0.15) is 6.54 Å². The number of benzene rings is 2. The van der Waals surface area contributed by atoms with Gasteiger partial charge in [-0.3, -0.25) is 9.36 Å². The first-order chi connectivity index (χ1) is 12.5. The van der Waals surface area contributed by atoms with Gasteiger partial charge < -0.3 is 9.32 Å². The fraction of sp³-hybridized carbons (Fsp3) is 0.263. The van der Waals surface area contributed by atoms with Crippen molar-refractivity contribution < 1.29 is 9.21 Å². The molecule has 26 heavy (non-hydrogen) atoms. The number of halogens is 1. The van der Waals surface area contributed by atoms with Crippen molar-refractivity contribution in [2.24, 2.45) is 0 Å². The number of hydrogen-bond donors (Lipinski definition) is 0. The molecule has 1 aromatic heterocycles. The third-order valence-electron chi connectivity index (χ3n) is 4.47. The lowest BCUT2D eigenvalue weighted by molar-refractivity contribution is -0.119. The maximum Gasteiger partial charge on any atom is 0.420 e. The van der Waals surface area contributed by atoms with Crippen molar-refractivity contribution in [1.29, 1.82) is 0 Å². The van der Waals surface area contributed by atoms with Gasteiger partial charge in [-0.25, -0.2) is 4.79 Å². The first-order valence-electron chi connectivity index (χ1n) is 8.38. The van der Waals surface area contributed by atoms with Crippen LogP contribution in [0.3, 0.4) is 0 Å². The van der Waals surface area contributed by atoms with E-state index in [2.05, 4.69) is 6.92 Å². The molecule has 134 valence electrons. The molecule has 0 radical (unpaired) electrons. The van der Waals surface area contributed by atoms with Crippen LogP contribution in [0.5, 0.6) is 0 Å². The minimum atomic E-state index is -0.554. The summed E-state index contributed by atoms with van der Waals surface area (Å²) in [4.78, 5) is 28.1. The van der Waals surface area contributed by atoms with Crippen molar-refractivity contribution in [3.05, 3.63) is 58.0 Å². The fourth-order valence-corrected chi connectivity index (χ4v) is 4.43. The third-order valence-corrected chi connectivity index (χ3v) is 5.94. The van der Waals surface area contributed by atoms with E-state index in [0.717, 1.165) is 17.0 Å². The summed E-state index contributed by atoms with van der Waals surface area (Å²) < 4.78 is 6.59. The molecule has 0 saturated carbocycles. The summed E-state index contributed by atoms with van der Waals surface area (Å²) in [5, 5.41) is 0.908. The second-order valence-electron chi connectivity index (χ2n) is 6.30. The summed E-state index contributed by atoms with van der Waals surface area (Å²) in [6.45, 7) is 2.72. The predicted molar refractivity (Wildman–Crippen MR) is 104 cm³/mol. The number of fused-ring (bicyclic) bond motifs is 2. The van der Waals surface area contributed by atoms with Gasteiger partial charge in [0.2, 0.25) is 5.91 Å². The van der Waals surface area contributed by atoms with Gasteiger partial charge in [0.05, 0.1) is 11.2 Å². The summed E-state index contributed by atoms with van der Waals surface area (Å²) in [5.41, 5.74) is 1.85. The molecule has 1 atom stereocenters. The number of oxazole rings is 1. The molecule has 2 aromatic carbocycles. The van der Waals surface area contributed by atoms with Crippen molar-refractivity contribution in [1.82, 2.24) is 4.57 Å². The molecule has 0 aliphatic carbocycles. The zero-order valence-corrected chi connectivity index (χ0v) is 15.7. The van der Waals surface area contributed by atoms with Crippen LogP contribution >= 0.6 is 23.4 Å². The van der Waals surface area contributed by atoms with Crippen LogP contribution in [0.2, 0.25) is 5.02 Å². The summed E-state index contributed by atoms with van der Waals surface area (Å²) >= 11 is 7.72. The smallest absolute Gasteiger partial charge is 0.408 e. The van der Waals surface area contributed by atoms with Crippen LogP contribution in [0.15, 0.2) is 56.6 Å². The summed E-state index contributed by atoms with van der Waals surface area (Å²) in [5.74, 6) is -0.687. The minimum Gasteiger partial charge on any atom is -0.408 e. The highest BCUT2D eigenvalue weighted by atomic mass is 35.5. The molecule has 0 bridgehead atoms. The standard InChI is InChI=1S/C19H17ClN2O3S/c1-12-8-9-21(15-4-2-3-5-17(15)26-12)18(23)11-22-14-7-6-13(20)10-16(14)25-19(22)24/h2-7,10,12H,8-9,11H2,1H3. The van der Waals surface area contributed by atoms with Crippen molar-refractivity contribution in [2.45, 2.75) is 30.0 Å². The van der Waals surface area contributed by atoms with E-state index >= 15 is 0 Å². The Labute approximate surface area is 159 Å². The number of rotatable bonds is 2. The third kappa shape index (κ3) is 3.15. The molecule has 0 spiro atoms. The van der Waals surface area contributed by atoms with E-state index in [4.69, 9.17) is 16.0 Å². The Morgan fingerprint density at radius 1 is 1.31 bits per heavy atom. The second kappa shape index (κ2) is 6.85. The topological polar surface area (TPSA) is 55.5 Å². The van der Waals surface area contributed by atoms with E-state index in [1.54, 1.807) is 34.9 Å². The molecule has 1 aliphatic heterocycles. The lowest BCUT2D eigenvalue weighted by atomic mass is 10.2. The number of thioether (sulfide) groups is 1. The molecule has 2 heterocycles. The number of carbonyl (C=O) groups excluding carboxylic acids is 1. The first-order valence-corrected chi connectivity index (χ1v) is 9.63. The van der Waals surface area contributed by atoms with E-state index in [1.807, 2.05) is 24.3 Å². The van der Waals surface area contributed by atoms with Crippen LogP contribution in [-0.4, -0.2) is 22.3 Å². The van der Waals surface area contributed by atoms with Gasteiger partial charge in [-0.15, -0.1) is 11.8 Å². The van der Waals surface area contributed by atoms with Crippen molar-refractivity contribution in [3.8, 4) is 0 Å². The van der Waals surface area contributed by atoms with Crippen molar-refractivity contribution >= 4 is 46.1 Å². The Hall–Kier alpha value is -2.18. The van der Waals surface area contributed by atoms with E-state index in [1.165, 1.54) is 4.57 Å². The Morgan fingerprint density at radius 3 is 2.96 bits per heavy atom. The van der Waals surface area contributed by atoms with Gasteiger partial charge in [-0.2, -0.15) is 0 Å². The number of hydrogen-bond acceptors (Lipinski definition) is 4. The maximum atomic E-state index is 13.0.